The Balaban J connectivity index is 1.58. The number of halogens is 2. The summed E-state index contributed by atoms with van der Waals surface area (Å²) in [5.41, 5.74) is 0.169. The van der Waals surface area contributed by atoms with Crippen LogP contribution >= 0.6 is 23.2 Å². The van der Waals surface area contributed by atoms with E-state index in [2.05, 4.69) is 4.90 Å². The molecule has 0 spiro atoms. The van der Waals surface area contributed by atoms with Crippen molar-refractivity contribution >= 4 is 41.1 Å². The Morgan fingerprint density at radius 3 is 2.50 bits per heavy atom. The van der Waals surface area contributed by atoms with Crippen LogP contribution in [-0.4, -0.2) is 76.1 Å². The van der Waals surface area contributed by atoms with E-state index in [0.717, 1.165) is 18.7 Å². The maximum absolute atomic E-state index is 12.7. The van der Waals surface area contributed by atoms with Crippen molar-refractivity contribution in [1.82, 2.24) is 14.7 Å². The van der Waals surface area contributed by atoms with E-state index in [9.17, 15) is 14.7 Å². The van der Waals surface area contributed by atoms with Gasteiger partial charge in [0.2, 0.25) is 11.8 Å². The number of hydrogen-bond donors (Lipinski definition) is 1. The van der Waals surface area contributed by atoms with Gasteiger partial charge in [-0.3, -0.25) is 14.5 Å². The number of piperidine rings is 1. The fourth-order valence-electron chi connectivity index (χ4n) is 3.92. The van der Waals surface area contributed by atoms with Crippen molar-refractivity contribution < 1.29 is 14.7 Å². The monoisotopic (exact) mass is 453 g/mol. The molecule has 0 radical (unpaired) electrons. The first kappa shape index (κ1) is 23.1. The zero-order valence-electron chi connectivity index (χ0n) is 17.5. The van der Waals surface area contributed by atoms with E-state index in [4.69, 9.17) is 23.2 Å². The molecule has 8 heteroatoms. The molecule has 2 heterocycles. The van der Waals surface area contributed by atoms with Gasteiger partial charge in [0.15, 0.2) is 0 Å². The average molecular weight is 454 g/mol. The van der Waals surface area contributed by atoms with Gasteiger partial charge >= 0.3 is 0 Å². The Morgan fingerprint density at radius 1 is 1.13 bits per heavy atom. The highest BCUT2D eigenvalue weighted by Gasteiger charge is 2.34. The van der Waals surface area contributed by atoms with Gasteiger partial charge in [-0.25, -0.2) is 0 Å². The van der Waals surface area contributed by atoms with Gasteiger partial charge in [-0.05, 0) is 50.5 Å². The molecule has 2 aliphatic rings. The van der Waals surface area contributed by atoms with Crippen LogP contribution in [0.3, 0.4) is 0 Å². The first-order chi connectivity index (χ1) is 14.2. The molecule has 1 atom stereocenters. The maximum atomic E-state index is 12.7. The summed E-state index contributed by atoms with van der Waals surface area (Å²) >= 11 is 11.9. The number of rotatable bonds is 4. The first-order valence-corrected chi connectivity index (χ1v) is 11.1. The molecule has 30 heavy (non-hydrogen) atoms. The normalized spacial score (nSPS) is 21.7. The fourth-order valence-corrected chi connectivity index (χ4v) is 4.23. The minimum absolute atomic E-state index is 0.0459. The van der Waals surface area contributed by atoms with Crippen molar-refractivity contribution in [3.63, 3.8) is 0 Å². The molecule has 2 aliphatic heterocycles. The van der Waals surface area contributed by atoms with Crippen molar-refractivity contribution in [2.24, 2.45) is 0 Å². The smallest absolute Gasteiger partial charge is 0.246 e. The van der Waals surface area contributed by atoms with Crippen LogP contribution in [0.4, 0.5) is 0 Å². The second kappa shape index (κ2) is 9.69. The minimum atomic E-state index is -0.622. The zero-order chi connectivity index (χ0) is 21.9. The lowest BCUT2D eigenvalue weighted by molar-refractivity contribution is -0.137. The Kier molecular flexibility index (Phi) is 7.45. The van der Waals surface area contributed by atoms with E-state index in [-0.39, 0.29) is 18.0 Å². The summed E-state index contributed by atoms with van der Waals surface area (Å²) in [7, 11) is 0. The molecule has 2 amide bonds. The van der Waals surface area contributed by atoms with Crippen LogP contribution in [0.5, 0.6) is 0 Å². The summed E-state index contributed by atoms with van der Waals surface area (Å²) in [6, 6.07) is 5.19. The third-order valence-electron chi connectivity index (χ3n) is 6.06. The standard InChI is InChI=1S/C22H29Cl2N3O3/c1-16(25-11-8-22(2,30)9-12-25)27-14-13-26(10-7-21(27)29)20(28)6-4-17-3-5-18(23)19(24)15-17/h3-6,15-16,30H,7-14H2,1-2H3/b6-4+. The molecule has 0 aromatic heterocycles. The number of likely N-dealkylation sites (tertiary alicyclic amines) is 1. The number of nitrogens with zero attached hydrogens (tertiary/aromatic N) is 3. The second-order valence-electron chi connectivity index (χ2n) is 8.33. The van der Waals surface area contributed by atoms with E-state index in [0.29, 0.717) is 48.9 Å². The lowest BCUT2D eigenvalue weighted by Crippen LogP contribution is -2.54. The molecular weight excluding hydrogens is 425 g/mol. The summed E-state index contributed by atoms with van der Waals surface area (Å²) in [5.74, 6) is -0.0685. The molecule has 2 fully saturated rings. The van der Waals surface area contributed by atoms with Gasteiger partial charge < -0.3 is 14.9 Å². The summed E-state index contributed by atoms with van der Waals surface area (Å²) in [4.78, 5) is 31.2. The Morgan fingerprint density at radius 2 is 1.83 bits per heavy atom. The number of carbonyl (C=O) groups excluding carboxylic acids is 2. The highest BCUT2D eigenvalue weighted by Crippen LogP contribution is 2.25. The van der Waals surface area contributed by atoms with E-state index in [1.54, 1.807) is 29.2 Å². The molecule has 2 saturated heterocycles. The summed E-state index contributed by atoms with van der Waals surface area (Å²) in [6.45, 7) is 6.80. The van der Waals surface area contributed by atoms with Crippen LogP contribution in [0.2, 0.25) is 10.0 Å². The summed E-state index contributed by atoms with van der Waals surface area (Å²) in [6.07, 6.45) is 4.87. The largest absolute Gasteiger partial charge is 0.390 e. The quantitative estimate of drug-likeness (QED) is 0.710. The molecule has 1 N–H and O–H groups in total. The lowest BCUT2D eigenvalue weighted by atomic mass is 9.93. The van der Waals surface area contributed by atoms with Crippen molar-refractivity contribution in [2.45, 2.75) is 44.9 Å². The SMILES string of the molecule is CC(N1CCC(C)(O)CC1)N1CCN(C(=O)/C=C/c2ccc(Cl)c(Cl)c2)CCC1=O. The molecule has 0 saturated carbocycles. The van der Waals surface area contributed by atoms with E-state index < -0.39 is 5.60 Å². The van der Waals surface area contributed by atoms with Crippen molar-refractivity contribution in [2.75, 3.05) is 32.7 Å². The molecule has 3 rings (SSSR count). The van der Waals surface area contributed by atoms with Crippen LogP contribution < -0.4 is 0 Å². The van der Waals surface area contributed by atoms with E-state index >= 15 is 0 Å². The third-order valence-corrected chi connectivity index (χ3v) is 6.79. The van der Waals surface area contributed by atoms with Gasteiger partial charge in [0.25, 0.3) is 0 Å². The fraction of sp³-hybridized carbons (Fsp3) is 0.545. The topological polar surface area (TPSA) is 64.1 Å². The first-order valence-electron chi connectivity index (χ1n) is 10.3. The highest BCUT2D eigenvalue weighted by molar-refractivity contribution is 6.42. The molecule has 1 unspecified atom stereocenters. The summed E-state index contributed by atoms with van der Waals surface area (Å²) < 4.78 is 0. The van der Waals surface area contributed by atoms with Crippen molar-refractivity contribution in [1.29, 1.82) is 0 Å². The number of aliphatic hydroxyl groups is 1. The van der Waals surface area contributed by atoms with Crippen LogP contribution in [0.25, 0.3) is 6.08 Å². The number of hydrogen-bond acceptors (Lipinski definition) is 4. The zero-order valence-corrected chi connectivity index (χ0v) is 19.0. The molecule has 164 valence electrons. The van der Waals surface area contributed by atoms with Gasteiger partial charge in [-0.2, -0.15) is 0 Å². The van der Waals surface area contributed by atoms with Crippen molar-refractivity contribution in [3.8, 4) is 0 Å². The van der Waals surface area contributed by atoms with Gasteiger partial charge in [0.1, 0.15) is 0 Å². The Hall–Kier alpha value is -1.60. The van der Waals surface area contributed by atoms with E-state index in [1.807, 2.05) is 18.7 Å². The van der Waals surface area contributed by atoms with Crippen LogP contribution in [0.15, 0.2) is 24.3 Å². The highest BCUT2D eigenvalue weighted by atomic mass is 35.5. The molecule has 1 aromatic rings. The molecule has 6 nitrogen and oxygen atoms in total. The van der Waals surface area contributed by atoms with Gasteiger partial charge in [-0.1, -0.05) is 29.3 Å². The van der Waals surface area contributed by atoms with Gasteiger partial charge in [0.05, 0.1) is 21.8 Å². The van der Waals surface area contributed by atoms with Gasteiger partial charge in [-0.15, -0.1) is 0 Å². The van der Waals surface area contributed by atoms with E-state index in [1.165, 1.54) is 6.08 Å². The molecule has 0 aliphatic carbocycles. The second-order valence-corrected chi connectivity index (χ2v) is 9.15. The third kappa shape index (κ3) is 5.76. The maximum Gasteiger partial charge on any atom is 0.246 e. The van der Waals surface area contributed by atoms with Crippen molar-refractivity contribution in [3.05, 3.63) is 39.9 Å². The van der Waals surface area contributed by atoms with Gasteiger partial charge in [0, 0.05) is 45.2 Å². The molecule has 1 aromatic carbocycles. The van der Waals surface area contributed by atoms with Crippen LogP contribution in [-0.2, 0) is 9.59 Å². The lowest BCUT2D eigenvalue weighted by Gasteiger charge is -2.42. The predicted molar refractivity (Wildman–Crippen MR) is 119 cm³/mol. The van der Waals surface area contributed by atoms with Crippen LogP contribution in [0.1, 0.15) is 38.7 Å². The Labute approximate surface area is 188 Å². The number of amides is 2. The molecular formula is C22H29Cl2N3O3. The molecule has 0 bridgehead atoms. The Bertz CT molecular complexity index is 818. The predicted octanol–water partition coefficient (Wildman–Crippen LogP) is 3.26. The summed E-state index contributed by atoms with van der Waals surface area (Å²) in [5, 5.41) is 11.1. The average Bonchev–Trinajstić information content (AvgIpc) is 2.90. The van der Waals surface area contributed by atoms with Crippen LogP contribution in [0, 0.1) is 0 Å². The minimum Gasteiger partial charge on any atom is -0.390 e. The number of carbonyl (C=O) groups is 2. The number of benzene rings is 1.